The van der Waals surface area contributed by atoms with Crippen LogP contribution < -0.4 is 20.2 Å². The molecule has 0 spiro atoms. The molecule has 0 bridgehead atoms. The van der Waals surface area contributed by atoms with Crippen LogP contribution in [0.25, 0.3) is 0 Å². The van der Waals surface area contributed by atoms with Crippen LogP contribution in [0.15, 0.2) is 23.3 Å². The number of thiocarbonyl (C=S) groups is 1. The largest absolute Gasteiger partial charge is 0.493 e. The number of methoxy groups -OCH3 is 1. The van der Waals surface area contributed by atoms with Crippen LogP contribution >= 0.6 is 12.2 Å². The summed E-state index contributed by atoms with van der Waals surface area (Å²) in [5.41, 5.74) is 3.82. The van der Waals surface area contributed by atoms with Crippen LogP contribution in [0.1, 0.15) is 57.9 Å². The fraction of sp³-hybridized carbons (Fsp3) is 0.600. The van der Waals surface area contributed by atoms with Gasteiger partial charge >= 0.3 is 0 Å². The van der Waals surface area contributed by atoms with E-state index in [0.717, 1.165) is 17.7 Å². The van der Waals surface area contributed by atoms with Gasteiger partial charge in [0.2, 0.25) is 0 Å². The number of hydrogen-bond acceptors (Lipinski definition) is 4. The first kappa shape index (κ1) is 20.5. The standard InChI is InChI=1S/C20H31N3O2S/c1-15(2)11-12-25-18-10-9-16(13-19(18)24-3)14-21-23-20(26)22-17-7-5-4-6-8-17/h9-10,13-15,17H,4-8,11-12H2,1-3H3,(H2,22,23,26). The van der Waals surface area contributed by atoms with Gasteiger partial charge in [0.05, 0.1) is 19.9 Å². The third kappa shape index (κ3) is 7.20. The molecule has 6 heteroatoms. The van der Waals surface area contributed by atoms with Crippen LogP contribution in [0.2, 0.25) is 0 Å². The van der Waals surface area contributed by atoms with Crippen LogP contribution in [0.3, 0.4) is 0 Å². The third-order valence-corrected chi connectivity index (χ3v) is 4.67. The first-order chi connectivity index (χ1) is 12.6. The van der Waals surface area contributed by atoms with Crippen molar-refractivity contribution in [2.75, 3.05) is 13.7 Å². The minimum absolute atomic E-state index is 0.473. The lowest BCUT2D eigenvalue weighted by atomic mass is 9.96. The Balaban J connectivity index is 1.83. The molecule has 0 atom stereocenters. The Morgan fingerprint density at radius 3 is 2.73 bits per heavy atom. The molecule has 2 N–H and O–H groups in total. The summed E-state index contributed by atoms with van der Waals surface area (Å²) in [7, 11) is 1.65. The van der Waals surface area contributed by atoms with Crippen molar-refractivity contribution in [1.82, 2.24) is 10.7 Å². The normalized spacial score (nSPS) is 15.2. The minimum Gasteiger partial charge on any atom is -0.493 e. The Labute approximate surface area is 162 Å². The van der Waals surface area contributed by atoms with Gasteiger partial charge in [-0.05, 0) is 61.2 Å². The van der Waals surface area contributed by atoms with E-state index in [1.54, 1.807) is 13.3 Å². The van der Waals surface area contributed by atoms with E-state index in [0.29, 0.717) is 29.4 Å². The molecule has 2 rings (SSSR count). The van der Waals surface area contributed by atoms with Crippen molar-refractivity contribution in [1.29, 1.82) is 0 Å². The lowest BCUT2D eigenvalue weighted by molar-refractivity contribution is 0.273. The van der Waals surface area contributed by atoms with Crippen molar-refractivity contribution in [3.63, 3.8) is 0 Å². The predicted molar refractivity (Wildman–Crippen MR) is 111 cm³/mol. The molecular weight excluding hydrogens is 346 g/mol. The number of benzene rings is 1. The fourth-order valence-corrected chi connectivity index (χ4v) is 3.14. The molecule has 0 aromatic heterocycles. The number of ether oxygens (including phenoxy) is 2. The molecule has 0 amide bonds. The molecule has 1 aromatic rings. The van der Waals surface area contributed by atoms with E-state index in [9.17, 15) is 0 Å². The Kier molecular flexibility index (Phi) is 8.68. The topological polar surface area (TPSA) is 54.9 Å². The van der Waals surface area contributed by atoms with Crippen molar-refractivity contribution in [2.24, 2.45) is 11.0 Å². The summed E-state index contributed by atoms with van der Waals surface area (Å²) in [6.07, 6.45) is 8.98. The zero-order chi connectivity index (χ0) is 18.8. The number of hydrazone groups is 1. The Morgan fingerprint density at radius 1 is 1.27 bits per heavy atom. The van der Waals surface area contributed by atoms with E-state index in [-0.39, 0.29) is 0 Å². The van der Waals surface area contributed by atoms with Crippen molar-refractivity contribution in [3.05, 3.63) is 23.8 Å². The lowest BCUT2D eigenvalue weighted by Gasteiger charge is -2.23. The first-order valence-electron chi connectivity index (χ1n) is 9.49. The van der Waals surface area contributed by atoms with Crippen molar-refractivity contribution in [2.45, 2.75) is 58.4 Å². The molecule has 1 aromatic carbocycles. The smallest absolute Gasteiger partial charge is 0.187 e. The molecule has 0 saturated heterocycles. The average molecular weight is 378 g/mol. The van der Waals surface area contributed by atoms with Crippen molar-refractivity contribution in [3.8, 4) is 11.5 Å². The average Bonchev–Trinajstić information content (AvgIpc) is 2.63. The maximum absolute atomic E-state index is 5.81. The first-order valence-corrected chi connectivity index (χ1v) is 9.89. The zero-order valence-corrected chi connectivity index (χ0v) is 16.9. The second-order valence-corrected chi connectivity index (χ2v) is 7.53. The fourth-order valence-electron chi connectivity index (χ4n) is 2.92. The van der Waals surface area contributed by atoms with Gasteiger partial charge in [-0.15, -0.1) is 0 Å². The van der Waals surface area contributed by atoms with Crippen molar-refractivity contribution < 1.29 is 9.47 Å². The van der Waals surface area contributed by atoms with Crippen LogP contribution in [-0.2, 0) is 0 Å². The number of hydrogen-bond donors (Lipinski definition) is 2. The van der Waals surface area contributed by atoms with E-state index in [2.05, 4.69) is 29.7 Å². The molecule has 0 heterocycles. The van der Waals surface area contributed by atoms with Crippen LogP contribution in [0.4, 0.5) is 0 Å². The molecule has 0 aliphatic heterocycles. The van der Waals surface area contributed by atoms with Gasteiger partial charge in [-0.2, -0.15) is 5.10 Å². The molecule has 1 saturated carbocycles. The van der Waals surface area contributed by atoms with Gasteiger partial charge in [0.25, 0.3) is 0 Å². The van der Waals surface area contributed by atoms with Gasteiger partial charge in [-0.25, -0.2) is 0 Å². The SMILES string of the molecule is COc1cc(C=NNC(=S)NC2CCCCC2)ccc1OCCC(C)C. The summed E-state index contributed by atoms with van der Waals surface area (Å²) >= 11 is 5.31. The monoisotopic (exact) mass is 377 g/mol. The van der Waals surface area contributed by atoms with Crippen LogP contribution in [-0.4, -0.2) is 31.1 Å². The summed E-state index contributed by atoms with van der Waals surface area (Å²) in [5.74, 6) is 2.08. The second kappa shape index (κ2) is 11.0. The minimum atomic E-state index is 0.473. The molecule has 1 aliphatic carbocycles. The molecule has 0 radical (unpaired) electrons. The Morgan fingerprint density at radius 2 is 2.04 bits per heavy atom. The van der Waals surface area contributed by atoms with E-state index in [1.807, 2.05) is 18.2 Å². The second-order valence-electron chi connectivity index (χ2n) is 7.12. The van der Waals surface area contributed by atoms with E-state index in [1.165, 1.54) is 32.1 Å². The number of rotatable bonds is 8. The summed E-state index contributed by atoms with van der Waals surface area (Å²) in [4.78, 5) is 0. The highest BCUT2D eigenvalue weighted by molar-refractivity contribution is 7.80. The molecule has 1 fully saturated rings. The predicted octanol–water partition coefficient (Wildman–Crippen LogP) is 4.25. The highest BCUT2D eigenvalue weighted by Crippen LogP contribution is 2.27. The number of nitrogens with one attached hydrogen (secondary N) is 2. The summed E-state index contributed by atoms with van der Waals surface area (Å²) in [6.45, 7) is 5.05. The van der Waals surface area contributed by atoms with Gasteiger partial charge in [-0.1, -0.05) is 33.1 Å². The molecule has 144 valence electrons. The van der Waals surface area contributed by atoms with Gasteiger partial charge < -0.3 is 14.8 Å². The van der Waals surface area contributed by atoms with Gasteiger partial charge in [0, 0.05) is 6.04 Å². The van der Waals surface area contributed by atoms with E-state index < -0.39 is 0 Å². The van der Waals surface area contributed by atoms with Crippen LogP contribution in [0, 0.1) is 5.92 Å². The summed E-state index contributed by atoms with van der Waals surface area (Å²) in [6, 6.07) is 6.25. The van der Waals surface area contributed by atoms with Gasteiger partial charge in [0.15, 0.2) is 16.6 Å². The summed E-state index contributed by atoms with van der Waals surface area (Å²) < 4.78 is 11.2. The maximum atomic E-state index is 5.81. The van der Waals surface area contributed by atoms with E-state index >= 15 is 0 Å². The molecule has 5 nitrogen and oxygen atoms in total. The van der Waals surface area contributed by atoms with Gasteiger partial charge in [0.1, 0.15) is 0 Å². The van der Waals surface area contributed by atoms with Crippen molar-refractivity contribution >= 4 is 23.5 Å². The van der Waals surface area contributed by atoms with Gasteiger partial charge in [-0.3, -0.25) is 5.43 Å². The lowest BCUT2D eigenvalue weighted by Crippen LogP contribution is -2.40. The number of nitrogens with zero attached hydrogens (tertiary/aromatic N) is 1. The summed E-state index contributed by atoms with van der Waals surface area (Å²) in [5, 5.41) is 8.13. The Hall–Kier alpha value is -1.82. The third-order valence-electron chi connectivity index (χ3n) is 4.46. The molecular formula is C20H31N3O2S. The molecule has 0 unspecified atom stereocenters. The zero-order valence-electron chi connectivity index (χ0n) is 16.1. The molecule has 1 aliphatic rings. The molecule has 26 heavy (non-hydrogen) atoms. The maximum Gasteiger partial charge on any atom is 0.187 e. The van der Waals surface area contributed by atoms with Crippen LogP contribution in [0.5, 0.6) is 11.5 Å². The quantitative estimate of drug-likeness (QED) is 0.403. The highest BCUT2D eigenvalue weighted by atomic mass is 32.1. The highest BCUT2D eigenvalue weighted by Gasteiger charge is 2.13. The Bertz CT molecular complexity index is 599. The van der Waals surface area contributed by atoms with E-state index in [4.69, 9.17) is 21.7 Å².